The van der Waals surface area contributed by atoms with E-state index in [4.69, 9.17) is 4.74 Å². The van der Waals surface area contributed by atoms with Crippen LogP contribution in [0.1, 0.15) is 5.82 Å². The molecular weight excluding hydrogens is 325 g/mol. The minimum absolute atomic E-state index is 0.153. The number of hydrogen-bond acceptors (Lipinski definition) is 3. The molecule has 0 amide bonds. The molecule has 1 aromatic carbocycles. The van der Waals surface area contributed by atoms with Crippen molar-refractivity contribution in [1.82, 2.24) is 9.97 Å². The van der Waals surface area contributed by atoms with Crippen LogP contribution in [0, 0.1) is 0 Å². The molecule has 100 valence electrons. The van der Waals surface area contributed by atoms with Crippen molar-refractivity contribution in [2.75, 3.05) is 7.11 Å². The second-order valence-electron chi connectivity index (χ2n) is 3.61. The quantitative estimate of drug-likeness (QED) is 0.835. The molecule has 1 aromatic heterocycles. The van der Waals surface area contributed by atoms with Gasteiger partial charge in [0.05, 0.1) is 12.8 Å². The third-order valence-electron chi connectivity index (χ3n) is 2.35. The van der Waals surface area contributed by atoms with Crippen LogP contribution >= 0.6 is 15.9 Å². The van der Waals surface area contributed by atoms with Crippen LogP contribution in [-0.2, 0) is 6.18 Å². The Kier molecular flexibility index (Phi) is 3.75. The van der Waals surface area contributed by atoms with E-state index in [-0.39, 0.29) is 5.69 Å². The summed E-state index contributed by atoms with van der Waals surface area (Å²) >= 11 is 3.26. The zero-order valence-electron chi connectivity index (χ0n) is 9.70. The van der Waals surface area contributed by atoms with Gasteiger partial charge in [-0.3, -0.25) is 0 Å². The molecule has 0 saturated carbocycles. The van der Waals surface area contributed by atoms with Crippen molar-refractivity contribution in [1.29, 1.82) is 0 Å². The fourth-order valence-corrected chi connectivity index (χ4v) is 1.89. The summed E-state index contributed by atoms with van der Waals surface area (Å²) in [5.41, 5.74) is 0.616. The number of ether oxygens (including phenoxy) is 1. The number of rotatable bonds is 2. The molecule has 0 fully saturated rings. The summed E-state index contributed by atoms with van der Waals surface area (Å²) in [6.07, 6.45) is -3.50. The van der Waals surface area contributed by atoms with Gasteiger partial charge in [-0.05, 0) is 24.3 Å². The van der Waals surface area contributed by atoms with E-state index in [1.54, 1.807) is 18.2 Å². The first-order valence-corrected chi connectivity index (χ1v) is 5.95. The minimum Gasteiger partial charge on any atom is -0.496 e. The van der Waals surface area contributed by atoms with Crippen LogP contribution in [0.2, 0.25) is 0 Å². The van der Waals surface area contributed by atoms with Crippen LogP contribution in [0.3, 0.4) is 0 Å². The lowest BCUT2D eigenvalue weighted by Crippen LogP contribution is -2.11. The molecule has 0 unspecified atom stereocenters. The third kappa shape index (κ3) is 3.04. The molecule has 19 heavy (non-hydrogen) atoms. The molecule has 0 saturated heterocycles. The van der Waals surface area contributed by atoms with Gasteiger partial charge >= 0.3 is 6.18 Å². The van der Waals surface area contributed by atoms with E-state index >= 15 is 0 Å². The Hall–Kier alpha value is -1.63. The summed E-state index contributed by atoms with van der Waals surface area (Å²) in [6, 6.07) is 6.42. The topological polar surface area (TPSA) is 35.0 Å². The highest BCUT2D eigenvalue weighted by molar-refractivity contribution is 9.10. The molecule has 0 aliphatic rings. The van der Waals surface area contributed by atoms with Crippen LogP contribution in [-0.4, -0.2) is 17.1 Å². The number of hydrogen-bond donors (Lipinski definition) is 0. The van der Waals surface area contributed by atoms with Gasteiger partial charge in [-0.1, -0.05) is 15.9 Å². The lowest BCUT2D eigenvalue weighted by atomic mass is 10.1. The number of nitrogens with zero attached hydrogens (tertiary/aromatic N) is 2. The average molecular weight is 333 g/mol. The van der Waals surface area contributed by atoms with E-state index in [0.29, 0.717) is 11.3 Å². The highest BCUT2D eigenvalue weighted by Gasteiger charge is 2.34. The Bertz CT molecular complexity index is 602. The maximum atomic E-state index is 12.6. The molecule has 0 aliphatic carbocycles. The van der Waals surface area contributed by atoms with Gasteiger partial charge in [-0.2, -0.15) is 13.2 Å². The summed E-state index contributed by atoms with van der Waals surface area (Å²) < 4.78 is 43.6. The monoisotopic (exact) mass is 332 g/mol. The zero-order chi connectivity index (χ0) is 14.0. The lowest BCUT2D eigenvalue weighted by Gasteiger charge is -2.10. The van der Waals surface area contributed by atoms with Crippen molar-refractivity contribution >= 4 is 15.9 Å². The van der Waals surface area contributed by atoms with Gasteiger partial charge in [0.2, 0.25) is 5.82 Å². The van der Waals surface area contributed by atoms with Crippen molar-refractivity contribution in [3.05, 3.63) is 40.8 Å². The maximum absolute atomic E-state index is 12.6. The number of aromatic nitrogens is 2. The molecular formula is C12H8BrF3N2O. The Labute approximate surface area is 115 Å². The molecule has 0 N–H and O–H groups in total. The average Bonchev–Trinajstić information content (AvgIpc) is 2.38. The number of benzene rings is 1. The minimum atomic E-state index is -4.57. The zero-order valence-corrected chi connectivity index (χ0v) is 11.3. The molecule has 0 spiro atoms. The van der Waals surface area contributed by atoms with E-state index in [1.807, 2.05) is 0 Å². The number of alkyl halides is 3. The molecule has 0 aliphatic heterocycles. The van der Waals surface area contributed by atoms with Crippen LogP contribution < -0.4 is 4.74 Å². The predicted octanol–water partition coefficient (Wildman–Crippen LogP) is 3.93. The SMILES string of the molecule is COc1ccc(Br)cc1-c1ccnc(C(F)(F)F)n1. The van der Waals surface area contributed by atoms with Gasteiger partial charge in [0, 0.05) is 16.2 Å². The molecule has 7 heteroatoms. The molecule has 2 aromatic rings. The molecule has 0 atom stereocenters. The summed E-state index contributed by atoms with van der Waals surface area (Å²) in [7, 11) is 1.44. The largest absolute Gasteiger partial charge is 0.496 e. The summed E-state index contributed by atoms with van der Waals surface area (Å²) in [4.78, 5) is 6.75. The predicted molar refractivity (Wildman–Crippen MR) is 66.7 cm³/mol. The van der Waals surface area contributed by atoms with Crippen molar-refractivity contribution in [3.8, 4) is 17.0 Å². The fourth-order valence-electron chi connectivity index (χ4n) is 1.53. The van der Waals surface area contributed by atoms with Crippen molar-refractivity contribution in [2.24, 2.45) is 0 Å². The van der Waals surface area contributed by atoms with Crippen LogP contribution in [0.15, 0.2) is 34.9 Å². The first-order valence-electron chi connectivity index (χ1n) is 5.16. The molecule has 3 nitrogen and oxygen atoms in total. The Balaban J connectivity index is 2.56. The van der Waals surface area contributed by atoms with Crippen LogP contribution in [0.25, 0.3) is 11.3 Å². The van der Waals surface area contributed by atoms with Crippen molar-refractivity contribution < 1.29 is 17.9 Å². The number of methoxy groups -OCH3 is 1. The molecule has 0 bridgehead atoms. The standard InChI is InChI=1S/C12H8BrF3N2O/c1-19-10-3-2-7(13)6-8(10)9-4-5-17-11(18-9)12(14,15)16/h2-6H,1H3. The van der Waals surface area contributed by atoms with Gasteiger partial charge in [0.15, 0.2) is 0 Å². The molecule has 1 heterocycles. The van der Waals surface area contributed by atoms with Gasteiger partial charge in [-0.15, -0.1) is 0 Å². The van der Waals surface area contributed by atoms with Crippen molar-refractivity contribution in [3.63, 3.8) is 0 Å². The van der Waals surface area contributed by atoms with Gasteiger partial charge in [0.1, 0.15) is 5.75 Å². The normalized spacial score (nSPS) is 11.4. The van der Waals surface area contributed by atoms with Crippen molar-refractivity contribution in [2.45, 2.75) is 6.18 Å². The molecule has 0 radical (unpaired) electrons. The highest BCUT2D eigenvalue weighted by Crippen LogP contribution is 2.33. The number of halogens is 4. The van der Waals surface area contributed by atoms with Gasteiger partial charge in [0.25, 0.3) is 0 Å². The third-order valence-corrected chi connectivity index (χ3v) is 2.84. The summed E-state index contributed by atoms with van der Waals surface area (Å²) in [6.45, 7) is 0. The highest BCUT2D eigenvalue weighted by atomic mass is 79.9. The molecule has 2 rings (SSSR count). The fraction of sp³-hybridized carbons (Fsp3) is 0.167. The van der Waals surface area contributed by atoms with Gasteiger partial charge < -0.3 is 4.74 Å². The second-order valence-corrected chi connectivity index (χ2v) is 4.52. The van der Waals surface area contributed by atoms with Crippen LogP contribution in [0.5, 0.6) is 5.75 Å². The summed E-state index contributed by atoms with van der Waals surface area (Å²) in [5, 5.41) is 0. The van der Waals surface area contributed by atoms with Gasteiger partial charge in [-0.25, -0.2) is 9.97 Å². The Morgan fingerprint density at radius 3 is 2.58 bits per heavy atom. The maximum Gasteiger partial charge on any atom is 0.451 e. The van der Waals surface area contributed by atoms with Crippen LogP contribution in [0.4, 0.5) is 13.2 Å². The smallest absolute Gasteiger partial charge is 0.451 e. The Morgan fingerprint density at radius 2 is 1.95 bits per heavy atom. The first-order chi connectivity index (χ1) is 8.91. The van der Waals surface area contributed by atoms with E-state index < -0.39 is 12.0 Å². The van der Waals surface area contributed by atoms with E-state index in [0.717, 1.165) is 10.7 Å². The Morgan fingerprint density at radius 1 is 1.21 bits per heavy atom. The summed E-state index contributed by atoms with van der Waals surface area (Å²) in [5.74, 6) is -0.734. The van der Waals surface area contributed by atoms with E-state index in [1.165, 1.54) is 13.2 Å². The van der Waals surface area contributed by atoms with E-state index in [9.17, 15) is 13.2 Å². The van der Waals surface area contributed by atoms with E-state index in [2.05, 4.69) is 25.9 Å². The second kappa shape index (κ2) is 5.16. The lowest BCUT2D eigenvalue weighted by molar-refractivity contribution is -0.144. The first kappa shape index (κ1) is 13.8.